The van der Waals surface area contributed by atoms with E-state index in [-0.39, 0.29) is 11.9 Å². The molecule has 0 heterocycles. The molecule has 1 fully saturated rings. The van der Waals surface area contributed by atoms with Gasteiger partial charge < -0.3 is 9.84 Å². The van der Waals surface area contributed by atoms with Crippen molar-refractivity contribution in [3.05, 3.63) is 29.6 Å². The van der Waals surface area contributed by atoms with Crippen LogP contribution in [0.2, 0.25) is 0 Å². The van der Waals surface area contributed by atoms with Crippen LogP contribution in [0.5, 0.6) is 5.75 Å². The van der Waals surface area contributed by atoms with E-state index in [4.69, 9.17) is 4.74 Å². The Morgan fingerprint density at radius 3 is 2.88 bits per heavy atom. The number of aryl methyl sites for hydroxylation is 1. The first-order valence-electron chi connectivity index (χ1n) is 5.71. The maximum Gasteiger partial charge on any atom is 0.123 e. The molecule has 88 valence electrons. The molecule has 0 saturated heterocycles. The minimum absolute atomic E-state index is 0.243. The van der Waals surface area contributed by atoms with Gasteiger partial charge in [0.2, 0.25) is 0 Å². The fraction of sp³-hybridized carbons (Fsp3) is 0.538. The minimum atomic E-state index is -0.253. The molecule has 1 aromatic carbocycles. The van der Waals surface area contributed by atoms with Gasteiger partial charge in [0, 0.05) is 0 Å². The van der Waals surface area contributed by atoms with E-state index < -0.39 is 0 Å². The summed E-state index contributed by atoms with van der Waals surface area (Å²) in [5.74, 6) is 0.917. The topological polar surface area (TPSA) is 29.5 Å². The molecule has 1 aliphatic rings. The quantitative estimate of drug-likeness (QED) is 0.832. The van der Waals surface area contributed by atoms with Crippen LogP contribution in [0.15, 0.2) is 18.2 Å². The van der Waals surface area contributed by atoms with Crippen molar-refractivity contribution in [2.75, 3.05) is 7.11 Å². The smallest absolute Gasteiger partial charge is 0.123 e. The Labute approximate surface area is 95.1 Å². The monoisotopic (exact) mass is 224 g/mol. The summed E-state index contributed by atoms with van der Waals surface area (Å²) in [6.07, 6.45) is 3.36. The van der Waals surface area contributed by atoms with Gasteiger partial charge in [-0.25, -0.2) is 4.39 Å². The summed E-state index contributed by atoms with van der Waals surface area (Å²) in [4.78, 5) is 0. The van der Waals surface area contributed by atoms with Crippen LogP contribution in [0, 0.1) is 11.7 Å². The van der Waals surface area contributed by atoms with Crippen molar-refractivity contribution >= 4 is 0 Å². The maximum absolute atomic E-state index is 13.1. The van der Waals surface area contributed by atoms with Gasteiger partial charge in [-0.15, -0.1) is 0 Å². The second-order valence-electron chi connectivity index (χ2n) is 4.40. The summed E-state index contributed by atoms with van der Waals surface area (Å²) in [5.41, 5.74) is 0.835. The Morgan fingerprint density at radius 2 is 2.25 bits per heavy atom. The second kappa shape index (κ2) is 4.83. The highest BCUT2D eigenvalue weighted by Crippen LogP contribution is 2.34. The molecule has 1 unspecified atom stereocenters. The molecule has 2 nitrogen and oxygen atoms in total. The van der Waals surface area contributed by atoms with Crippen LogP contribution in [-0.4, -0.2) is 18.3 Å². The van der Waals surface area contributed by atoms with Crippen molar-refractivity contribution in [1.29, 1.82) is 0 Å². The molecule has 2 rings (SSSR count). The van der Waals surface area contributed by atoms with Gasteiger partial charge in [-0.2, -0.15) is 0 Å². The first kappa shape index (κ1) is 11.4. The lowest BCUT2D eigenvalue weighted by atomic mass is 10.0. The predicted octanol–water partition coefficient (Wildman–Crippen LogP) is 2.54. The number of ether oxygens (including phenoxy) is 1. The van der Waals surface area contributed by atoms with Crippen LogP contribution in [-0.2, 0) is 6.42 Å². The number of benzene rings is 1. The summed E-state index contributed by atoms with van der Waals surface area (Å²) in [7, 11) is 1.58. The summed E-state index contributed by atoms with van der Waals surface area (Å²) in [6, 6.07) is 4.51. The molecule has 0 aromatic heterocycles. The summed E-state index contributed by atoms with van der Waals surface area (Å²) >= 11 is 0. The van der Waals surface area contributed by atoms with E-state index in [9.17, 15) is 9.50 Å². The average Bonchev–Trinajstić information content (AvgIpc) is 3.10. The number of aliphatic hydroxyl groups is 1. The minimum Gasteiger partial charge on any atom is -0.496 e. The predicted molar refractivity (Wildman–Crippen MR) is 60.0 cm³/mol. The van der Waals surface area contributed by atoms with Crippen molar-refractivity contribution in [3.63, 3.8) is 0 Å². The van der Waals surface area contributed by atoms with E-state index in [1.54, 1.807) is 13.2 Å². The molecule has 0 amide bonds. The molecule has 16 heavy (non-hydrogen) atoms. The highest BCUT2D eigenvalue weighted by atomic mass is 19.1. The third-order valence-corrected chi connectivity index (χ3v) is 3.12. The Morgan fingerprint density at radius 1 is 1.50 bits per heavy atom. The van der Waals surface area contributed by atoms with E-state index in [0.29, 0.717) is 24.5 Å². The maximum atomic E-state index is 13.1. The van der Waals surface area contributed by atoms with Gasteiger partial charge in [0.1, 0.15) is 11.6 Å². The Kier molecular flexibility index (Phi) is 3.44. The number of methoxy groups -OCH3 is 1. The summed E-state index contributed by atoms with van der Waals surface area (Å²) in [6.45, 7) is 0. The Hall–Kier alpha value is -1.09. The lowest BCUT2D eigenvalue weighted by Gasteiger charge is -2.11. The van der Waals surface area contributed by atoms with Gasteiger partial charge in [0.05, 0.1) is 13.2 Å². The van der Waals surface area contributed by atoms with Crippen molar-refractivity contribution in [1.82, 2.24) is 0 Å². The third-order valence-electron chi connectivity index (χ3n) is 3.12. The molecule has 0 radical (unpaired) electrons. The van der Waals surface area contributed by atoms with Crippen LogP contribution in [0.4, 0.5) is 4.39 Å². The van der Waals surface area contributed by atoms with Gasteiger partial charge in [-0.3, -0.25) is 0 Å². The van der Waals surface area contributed by atoms with Gasteiger partial charge in [-0.1, -0.05) is 0 Å². The normalized spacial score (nSPS) is 17.2. The summed E-state index contributed by atoms with van der Waals surface area (Å²) < 4.78 is 18.2. The highest BCUT2D eigenvalue weighted by molar-refractivity contribution is 5.34. The molecule has 1 N–H and O–H groups in total. The molecule has 0 aliphatic heterocycles. The highest BCUT2D eigenvalue weighted by Gasteiger charge is 2.29. The Balaban J connectivity index is 1.98. The van der Waals surface area contributed by atoms with Crippen molar-refractivity contribution in [2.45, 2.75) is 31.8 Å². The standard InChI is InChI=1S/C13H17FO2/c1-16-13-7-5-11(14)8-10(13)4-6-12(15)9-2-3-9/h5,7-9,12,15H,2-4,6H2,1H3. The molecular formula is C13H17FO2. The van der Waals surface area contributed by atoms with E-state index in [0.717, 1.165) is 18.4 Å². The van der Waals surface area contributed by atoms with E-state index in [2.05, 4.69) is 0 Å². The molecule has 3 heteroatoms. The van der Waals surface area contributed by atoms with Gasteiger partial charge >= 0.3 is 0 Å². The van der Waals surface area contributed by atoms with Crippen LogP contribution in [0.1, 0.15) is 24.8 Å². The molecule has 0 spiro atoms. The van der Waals surface area contributed by atoms with Crippen LogP contribution < -0.4 is 4.74 Å². The number of rotatable bonds is 5. The summed E-state index contributed by atoms with van der Waals surface area (Å²) in [5, 5.41) is 9.75. The molecular weight excluding hydrogens is 207 g/mol. The van der Waals surface area contributed by atoms with Crippen molar-refractivity contribution < 1.29 is 14.2 Å². The second-order valence-corrected chi connectivity index (χ2v) is 4.40. The van der Waals surface area contributed by atoms with E-state index in [1.807, 2.05) is 0 Å². The van der Waals surface area contributed by atoms with Gasteiger partial charge in [0.15, 0.2) is 0 Å². The third kappa shape index (κ3) is 2.73. The zero-order valence-electron chi connectivity index (χ0n) is 9.45. The van der Waals surface area contributed by atoms with Crippen molar-refractivity contribution in [2.24, 2.45) is 5.92 Å². The molecule has 1 aliphatic carbocycles. The first-order chi connectivity index (χ1) is 7.70. The largest absolute Gasteiger partial charge is 0.496 e. The lowest BCUT2D eigenvalue weighted by molar-refractivity contribution is 0.141. The number of halogens is 1. The molecule has 0 bridgehead atoms. The molecule has 1 aromatic rings. The zero-order valence-corrected chi connectivity index (χ0v) is 9.45. The number of aliphatic hydroxyl groups excluding tert-OH is 1. The van der Waals surface area contributed by atoms with Crippen LogP contribution in [0.3, 0.4) is 0 Å². The van der Waals surface area contributed by atoms with Crippen molar-refractivity contribution in [3.8, 4) is 5.75 Å². The van der Waals surface area contributed by atoms with Gasteiger partial charge in [-0.05, 0) is 55.4 Å². The van der Waals surface area contributed by atoms with Crippen LogP contribution in [0.25, 0.3) is 0 Å². The fourth-order valence-corrected chi connectivity index (χ4v) is 1.96. The Bertz CT molecular complexity index is 361. The fourth-order valence-electron chi connectivity index (χ4n) is 1.96. The van der Waals surface area contributed by atoms with Crippen LogP contribution >= 0.6 is 0 Å². The number of hydrogen-bond acceptors (Lipinski definition) is 2. The average molecular weight is 224 g/mol. The molecule has 1 atom stereocenters. The van der Waals surface area contributed by atoms with E-state index in [1.165, 1.54) is 12.1 Å². The SMILES string of the molecule is COc1ccc(F)cc1CCC(O)C1CC1. The van der Waals surface area contributed by atoms with E-state index >= 15 is 0 Å². The molecule has 1 saturated carbocycles. The first-order valence-corrected chi connectivity index (χ1v) is 5.71. The zero-order chi connectivity index (χ0) is 11.5. The van der Waals surface area contributed by atoms with Gasteiger partial charge in [0.25, 0.3) is 0 Å². The lowest BCUT2D eigenvalue weighted by Crippen LogP contribution is -2.10. The number of hydrogen-bond donors (Lipinski definition) is 1.